The highest BCUT2D eigenvalue weighted by Gasteiger charge is 2.06. The first-order chi connectivity index (χ1) is 12.1. The Morgan fingerprint density at radius 2 is 1.64 bits per heavy atom. The van der Waals surface area contributed by atoms with Crippen LogP contribution in [-0.2, 0) is 11.3 Å². The van der Waals surface area contributed by atoms with Gasteiger partial charge < -0.3 is 21.1 Å². The van der Waals surface area contributed by atoms with Crippen LogP contribution in [0.2, 0.25) is 0 Å². The molecule has 0 atom stereocenters. The smallest absolute Gasteiger partial charge is 0.338 e. The highest BCUT2D eigenvalue weighted by atomic mass is 16.5. The Balaban J connectivity index is 1.88. The Hall–Kier alpha value is -2.86. The predicted molar refractivity (Wildman–Crippen MR) is 97.6 cm³/mol. The zero-order chi connectivity index (χ0) is 18.1. The van der Waals surface area contributed by atoms with E-state index in [0.717, 1.165) is 11.3 Å². The van der Waals surface area contributed by atoms with E-state index >= 15 is 0 Å². The number of carbonyl (C=O) groups excluding carboxylic acids is 2. The van der Waals surface area contributed by atoms with Crippen LogP contribution in [0.25, 0.3) is 0 Å². The molecule has 0 aliphatic rings. The largest absolute Gasteiger partial charge is 0.462 e. The van der Waals surface area contributed by atoms with Gasteiger partial charge in [-0.05, 0) is 48.9 Å². The molecule has 1 amide bonds. The first-order valence-electron chi connectivity index (χ1n) is 8.22. The van der Waals surface area contributed by atoms with Gasteiger partial charge in [0, 0.05) is 30.9 Å². The van der Waals surface area contributed by atoms with Crippen LogP contribution in [0.1, 0.15) is 33.2 Å². The topological polar surface area (TPSA) is 93.4 Å². The molecule has 0 saturated heterocycles. The molecule has 0 radical (unpaired) electrons. The molecule has 6 nitrogen and oxygen atoms in total. The van der Waals surface area contributed by atoms with Crippen LogP contribution >= 0.6 is 0 Å². The summed E-state index contributed by atoms with van der Waals surface area (Å²) in [6.07, 6.45) is 0. The molecule has 0 heterocycles. The first kappa shape index (κ1) is 18.5. The van der Waals surface area contributed by atoms with E-state index in [1.54, 1.807) is 31.2 Å². The maximum Gasteiger partial charge on any atom is 0.338 e. The molecule has 4 N–H and O–H groups in total. The molecule has 2 rings (SSSR count). The lowest BCUT2D eigenvalue weighted by Gasteiger charge is -2.09. The predicted octanol–water partition coefficient (Wildman–Crippen LogP) is 2.16. The Morgan fingerprint density at radius 1 is 1.00 bits per heavy atom. The Labute approximate surface area is 147 Å². The number of carbonyl (C=O) groups is 2. The minimum Gasteiger partial charge on any atom is -0.462 e. The zero-order valence-electron chi connectivity index (χ0n) is 14.2. The van der Waals surface area contributed by atoms with E-state index in [1.807, 2.05) is 24.3 Å². The maximum absolute atomic E-state index is 11.8. The summed E-state index contributed by atoms with van der Waals surface area (Å²) in [4.78, 5) is 23.4. The monoisotopic (exact) mass is 341 g/mol. The number of hydrogen-bond donors (Lipinski definition) is 3. The molecule has 0 spiro atoms. The van der Waals surface area contributed by atoms with Gasteiger partial charge in [0.25, 0.3) is 5.91 Å². The Bertz CT molecular complexity index is 697. The van der Waals surface area contributed by atoms with E-state index in [2.05, 4.69) is 10.6 Å². The van der Waals surface area contributed by atoms with Crippen molar-refractivity contribution in [2.24, 2.45) is 5.73 Å². The van der Waals surface area contributed by atoms with Crippen molar-refractivity contribution in [2.45, 2.75) is 13.5 Å². The first-order valence-corrected chi connectivity index (χ1v) is 8.22. The normalized spacial score (nSPS) is 10.2. The molecule has 2 aromatic rings. The molecule has 2 aromatic carbocycles. The number of hydrogen-bond acceptors (Lipinski definition) is 5. The molecule has 0 aliphatic carbocycles. The van der Waals surface area contributed by atoms with Crippen LogP contribution in [0.4, 0.5) is 5.69 Å². The number of ether oxygens (including phenoxy) is 1. The van der Waals surface area contributed by atoms with Gasteiger partial charge in [-0.2, -0.15) is 0 Å². The lowest BCUT2D eigenvalue weighted by molar-refractivity contribution is 0.0526. The third-order valence-electron chi connectivity index (χ3n) is 3.54. The maximum atomic E-state index is 11.8. The second-order valence-electron chi connectivity index (χ2n) is 5.39. The summed E-state index contributed by atoms with van der Waals surface area (Å²) in [5, 5.41) is 6.00. The average molecular weight is 341 g/mol. The number of nitrogens with two attached hydrogens (primary N) is 1. The molecule has 0 bridgehead atoms. The summed E-state index contributed by atoms with van der Waals surface area (Å²) in [5.74, 6) is -0.447. The van der Waals surface area contributed by atoms with Gasteiger partial charge >= 0.3 is 5.97 Å². The van der Waals surface area contributed by atoms with Gasteiger partial charge in [-0.1, -0.05) is 12.1 Å². The number of amides is 1. The molecule has 0 aliphatic heterocycles. The van der Waals surface area contributed by atoms with E-state index in [9.17, 15) is 9.59 Å². The molecular formula is C19H23N3O3. The average Bonchev–Trinajstić information content (AvgIpc) is 2.65. The van der Waals surface area contributed by atoms with Gasteiger partial charge in [0.15, 0.2) is 0 Å². The minimum atomic E-state index is -0.314. The van der Waals surface area contributed by atoms with Crippen LogP contribution in [0.15, 0.2) is 48.5 Å². The number of esters is 1. The lowest BCUT2D eigenvalue weighted by atomic mass is 10.1. The van der Waals surface area contributed by atoms with Crippen molar-refractivity contribution in [3.05, 3.63) is 65.2 Å². The molecule has 0 unspecified atom stereocenters. The SMILES string of the molecule is CCOC(=O)c1ccc(CNc2ccc(C(=O)NCCN)cc2)cc1. The van der Waals surface area contributed by atoms with Crippen LogP contribution < -0.4 is 16.4 Å². The van der Waals surface area contributed by atoms with Crippen molar-refractivity contribution >= 4 is 17.6 Å². The van der Waals surface area contributed by atoms with E-state index in [1.165, 1.54) is 0 Å². The summed E-state index contributed by atoms with van der Waals surface area (Å²) < 4.78 is 4.96. The van der Waals surface area contributed by atoms with Crippen molar-refractivity contribution < 1.29 is 14.3 Å². The van der Waals surface area contributed by atoms with Gasteiger partial charge in [0.05, 0.1) is 12.2 Å². The third-order valence-corrected chi connectivity index (χ3v) is 3.54. The second-order valence-corrected chi connectivity index (χ2v) is 5.39. The van der Waals surface area contributed by atoms with Gasteiger partial charge in [-0.3, -0.25) is 4.79 Å². The molecule has 0 saturated carbocycles. The lowest BCUT2D eigenvalue weighted by Crippen LogP contribution is -2.28. The second kappa shape index (κ2) is 9.44. The summed E-state index contributed by atoms with van der Waals surface area (Å²) in [5.41, 5.74) is 8.45. The van der Waals surface area contributed by atoms with E-state index in [4.69, 9.17) is 10.5 Å². The van der Waals surface area contributed by atoms with Crippen molar-refractivity contribution in [3.8, 4) is 0 Å². The molecule has 6 heteroatoms. The third kappa shape index (κ3) is 5.61. The van der Waals surface area contributed by atoms with Crippen LogP contribution in [0.3, 0.4) is 0 Å². The zero-order valence-corrected chi connectivity index (χ0v) is 14.2. The number of nitrogens with one attached hydrogen (secondary N) is 2. The van der Waals surface area contributed by atoms with Gasteiger partial charge in [0.2, 0.25) is 0 Å². The van der Waals surface area contributed by atoms with E-state index in [-0.39, 0.29) is 11.9 Å². The summed E-state index contributed by atoms with van der Waals surface area (Å²) in [6.45, 7) is 3.63. The van der Waals surface area contributed by atoms with Crippen LogP contribution in [0.5, 0.6) is 0 Å². The molecule has 132 valence electrons. The molecule has 0 fully saturated rings. The summed E-state index contributed by atoms with van der Waals surface area (Å²) in [7, 11) is 0. The van der Waals surface area contributed by atoms with E-state index < -0.39 is 0 Å². The Kier molecular flexibility index (Phi) is 6.98. The molecule has 25 heavy (non-hydrogen) atoms. The number of rotatable bonds is 8. The van der Waals surface area contributed by atoms with Crippen molar-refractivity contribution in [1.82, 2.24) is 5.32 Å². The molecular weight excluding hydrogens is 318 g/mol. The van der Waals surface area contributed by atoms with Crippen molar-refractivity contribution in [1.29, 1.82) is 0 Å². The number of anilines is 1. The summed E-state index contributed by atoms with van der Waals surface area (Å²) >= 11 is 0. The summed E-state index contributed by atoms with van der Waals surface area (Å²) in [6, 6.07) is 14.5. The van der Waals surface area contributed by atoms with Gasteiger partial charge in [-0.25, -0.2) is 4.79 Å². The van der Waals surface area contributed by atoms with Crippen molar-refractivity contribution in [3.63, 3.8) is 0 Å². The quantitative estimate of drug-likeness (QED) is 0.640. The van der Waals surface area contributed by atoms with Crippen LogP contribution in [0, 0.1) is 0 Å². The van der Waals surface area contributed by atoms with Gasteiger partial charge in [-0.15, -0.1) is 0 Å². The standard InChI is InChI=1S/C19H23N3O3/c1-2-25-19(24)16-5-3-14(4-6-16)13-22-17-9-7-15(8-10-17)18(23)21-12-11-20/h3-10,22H,2,11-13,20H2,1H3,(H,21,23). The van der Waals surface area contributed by atoms with Crippen molar-refractivity contribution in [2.75, 3.05) is 25.0 Å². The fourth-order valence-corrected chi connectivity index (χ4v) is 2.20. The fraction of sp³-hybridized carbons (Fsp3) is 0.263. The fourth-order valence-electron chi connectivity index (χ4n) is 2.20. The highest BCUT2D eigenvalue weighted by Crippen LogP contribution is 2.12. The van der Waals surface area contributed by atoms with Gasteiger partial charge in [0.1, 0.15) is 0 Å². The van der Waals surface area contributed by atoms with E-state index in [0.29, 0.717) is 37.4 Å². The number of benzene rings is 2. The molecule has 0 aromatic heterocycles. The van der Waals surface area contributed by atoms with Crippen LogP contribution in [-0.4, -0.2) is 31.6 Å². The Morgan fingerprint density at radius 3 is 2.24 bits per heavy atom. The highest BCUT2D eigenvalue weighted by molar-refractivity contribution is 5.94. The minimum absolute atomic E-state index is 0.133.